The first kappa shape index (κ1) is 7.17. The highest BCUT2D eigenvalue weighted by Crippen LogP contribution is 2.22. The maximum Gasteiger partial charge on any atom is 0.458 e. The third-order valence-electron chi connectivity index (χ3n) is 0.278. The van der Waals surface area contributed by atoms with Gasteiger partial charge in [-0.15, -0.1) is 0 Å². The second kappa shape index (κ2) is 4.33. The van der Waals surface area contributed by atoms with E-state index in [0.717, 1.165) is 0 Å². The van der Waals surface area contributed by atoms with Crippen LogP contribution in [0.4, 0.5) is 0 Å². The summed E-state index contributed by atoms with van der Waals surface area (Å²) in [5, 5.41) is 5.65. The van der Waals surface area contributed by atoms with E-state index in [-0.39, 0.29) is 0 Å². The minimum absolute atomic E-state index is 2.60. The van der Waals surface area contributed by atoms with Crippen molar-refractivity contribution in [1.82, 2.24) is 0 Å². The van der Waals surface area contributed by atoms with Crippen molar-refractivity contribution < 1.29 is 13.8 Å². The number of rotatable bonds is 4. The molecule has 0 rings (SSSR count). The maximum absolute atomic E-state index is 10.1. The molecule has 8 heavy (non-hydrogen) atoms. The minimum Gasteiger partial charge on any atom is -0.306 e. The highest BCUT2D eigenvalue weighted by atomic mass is 31.1. The zero-order valence-corrected chi connectivity index (χ0v) is 5.03. The molecule has 6 heteroatoms. The van der Waals surface area contributed by atoms with Gasteiger partial charge in [-0.25, -0.2) is 4.57 Å². The van der Waals surface area contributed by atoms with Crippen LogP contribution >= 0.6 is 8.25 Å². The Kier molecular flexibility index (Phi) is 3.88. The van der Waals surface area contributed by atoms with Crippen molar-refractivity contribution in [1.29, 1.82) is 0 Å². The number of hydrogen-bond donors (Lipinski definition) is 0. The summed E-state index contributed by atoms with van der Waals surface area (Å²) in [5.41, 5.74) is 0. The zero-order chi connectivity index (χ0) is 6.41. The Bertz CT molecular complexity index is 102. The maximum atomic E-state index is 10.1. The summed E-state index contributed by atoms with van der Waals surface area (Å²) in [6.07, 6.45) is 0. The van der Waals surface area contributed by atoms with Gasteiger partial charge in [-0.1, -0.05) is 10.3 Å². The molecule has 0 aliphatic heterocycles. The van der Waals surface area contributed by atoms with E-state index in [1.54, 1.807) is 0 Å². The van der Waals surface area contributed by atoms with Gasteiger partial charge in [0.2, 0.25) is 0 Å². The first-order valence-corrected chi connectivity index (χ1v) is 2.83. The first-order chi connectivity index (χ1) is 3.81. The minimum atomic E-state index is -2.60. The zero-order valence-electron chi connectivity index (χ0n) is 4.03. The van der Waals surface area contributed by atoms with E-state index in [4.69, 9.17) is 0 Å². The van der Waals surface area contributed by atoms with Crippen molar-refractivity contribution in [2.45, 2.75) is 0 Å². The average molecular weight is 136 g/mol. The summed E-state index contributed by atoms with van der Waals surface area (Å²) < 4.78 is 18.1. The highest BCUT2D eigenvalue weighted by Gasteiger charge is 1.91. The quantitative estimate of drug-likeness (QED) is 0.323. The SMILES string of the molecule is C=NO[PH](=O)ON=C. The Labute approximate surface area is 46.9 Å². The topological polar surface area (TPSA) is 60.2 Å². The Balaban J connectivity index is 3.32. The van der Waals surface area contributed by atoms with E-state index in [0.29, 0.717) is 0 Å². The van der Waals surface area contributed by atoms with E-state index in [9.17, 15) is 4.57 Å². The van der Waals surface area contributed by atoms with Gasteiger partial charge in [-0.05, 0) is 0 Å². The summed E-state index contributed by atoms with van der Waals surface area (Å²) in [4.78, 5) is 0. The van der Waals surface area contributed by atoms with E-state index >= 15 is 0 Å². The Morgan fingerprint density at radius 1 is 1.25 bits per heavy atom. The van der Waals surface area contributed by atoms with Crippen LogP contribution in [-0.2, 0) is 13.8 Å². The molecular formula is C2H5N2O3P. The molecule has 0 unspecified atom stereocenters. The lowest BCUT2D eigenvalue weighted by Crippen LogP contribution is -1.66. The molecule has 0 aromatic heterocycles. The smallest absolute Gasteiger partial charge is 0.306 e. The van der Waals surface area contributed by atoms with E-state index < -0.39 is 8.25 Å². The summed E-state index contributed by atoms with van der Waals surface area (Å²) in [6, 6.07) is 0. The van der Waals surface area contributed by atoms with Gasteiger partial charge in [0.1, 0.15) is 0 Å². The van der Waals surface area contributed by atoms with Gasteiger partial charge in [0, 0.05) is 13.4 Å². The summed E-state index contributed by atoms with van der Waals surface area (Å²) >= 11 is 0. The number of oxime groups is 2. The lowest BCUT2D eigenvalue weighted by molar-refractivity contribution is 0.245. The molecule has 0 amide bonds. The van der Waals surface area contributed by atoms with Crippen LogP contribution in [0.1, 0.15) is 0 Å². The van der Waals surface area contributed by atoms with Crippen LogP contribution in [0.3, 0.4) is 0 Å². The van der Waals surface area contributed by atoms with E-state index in [1.165, 1.54) is 0 Å². The Hall–Kier alpha value is -0.830. The second-order valence-electron chi connectivity index (χ2n) is 0.691. The molecule has 46 valence electrons. The van der Waals surface area contributed by atoms with Crippen molar-refractivity contribution in [2.75, 3.05) is 0 Å². The third kappa shape index (κ3) is 3.36. The lowest BCUT2D eigenvalue weighted by atomic mass is 11.8. The van der Waals surface area contributed by atoms with Gasteiger partial charge in [0.05, 0.1) is 0 Å². The fourth-order valence-corrected chi connectivity index (χ4v) is 0.366. The molecule has 0 bridgehead atoms. The third-order valence-corrected chi connectivity index (χ3v) is 0.835. The van der Waals surface area contributed by atoms with Crippen LogP contribution in [-0.4, -0.2) is 13.4 Å². The summed E-state index contributed by atoms with van der Waals surface area (Å²) in [6.45, 7) is 5.79. The standard InChI is InChI=1S/C2H5N2O3P/c1-3-6-8(5)7-4-2/h8H,1-2H2. The molecule has 0 saturated carbocycles. The van der Waals surface area contributed by atoms with Gasteiger partial charge >= 0.3 is 8.25 Å². The second-order valence-corrected chi connectivity index (χ2v) is 1.56. The van der Waals surface area contributed by atoms with E-state index in [1.807, 2.05) is 0 Å². The molecule has 0 atom stereocenters. The molecule has 0 aliphatic carbocycles. The van der Waals surface area contributed by atoms with Crippen molar-refractivity contribution in [3.63, 3.8) is 0 Å². The average Bonchev–Trinajstić information content (AvgIpc) is 1.68. The van der Waals surface area contributed by atoms with Gasteiger partial charge in [0.15, 0.2) is 0 Å². The monoisotopic (exact) mass is 136 g/mol. The fraction of sp³-hybridized carbons (Fsp3) is 0. The molecule has 0 aromatic rings. The Morgan fingerprint density at radius 3 is 1.88 bits per heavy atom. The molecule has 0 N–H and O–H groups in total. The van der Waals surface area contributed by atoms with Crippen molar-refractivity contribution in [2.24, 2.45) is 10.3 Å². The van der Waals surface area contributed by atoms with Crippen LogP contribution in [0.2, 0.25) is 0 Å². The predicted molar refractivity (Wildman–Crippen MR) is 30.3 cm³/mol. The lowest BCUT2D eigenvalue weighted by Gasteiger charge is -1.91. The predicted octanol–water partition coefficient (Wildman–Crippen LogP) is 0.640. The number of hydrogen-bond acceptors (Lipinski definition) is 5. The normalized spacial score (nSPS) is 8.12. The van der Waals surface area contributed by atoms with Gasteiger partial charge in [-0.2, -0.15) is 0 Å². The number of nitrogens with zero attached hydrogens (tertiary/aromatic N) is 2. The molecule has 0 aliphatic rings. The van der Waals surface area contributed by atoms with Gasteiger partial charge in [0.25, 0.3) is 0 Å². The highest BCUT2D eigenvalue weighted by molar-refractivity contribution is 7.33. The molecule has 0 heterocycles. The first-order valence-electron chi connectivity index (χ1n) is 1.61. The van der Waals surface area contributed by atoms with E-state index in [2.05, 4.69) is 33.0 Å². The van der Waals surface area contributed by atoms with Crippen LogP contribution in [0.5, 0.6) is 0 Å². The molecule has 0 spiro atoms. The largest absolute Gasteiger partial charge is 0.458 e. The van der Waals surface area contributed by atoms with Crippen molar-refractivity contribution in [3.8, 4) is 0 Å². The molecule has 0 fully saturated rings. The van der Waals surface area contributed by atoms with Crippen LogP contribution in [0, 0.1) is 0 Å². The summed E-state index contributed by atoms with van der Waals surface area (Å²) in [7, 11) is -2.60. The van der Waals surface area contributed by atoms with Crippen LogP contribution < -0.4 is 0 Å². The van der Waals surface area contributed by atoms with Crippen molar-refractivity contribution in [3.05, 3.63) is 0 Å². The van der Waals surface area contributed by atoms with Crippen molar-refractivity contribution >= 4 is 21.7 Å². The van der Waals surface area contributed by atoms with Gasteiger partial charge in [-0.3, -0.25) is 0 Å². The van der Waals surface area contributed by atoms with Crippen LogP contribution in [0.25, 0.3) is 0 Å². The molecule has 0 aromatic carbocycles. The molecule has 5 nitrogen and oxygen atoms in total. The van der Waals surface area contributed by atoms with Crippen LogP contribution in [0.15, 0.2) is 10.3 Å². The molecule has 0 radical (unpaired) electrons. The molecule has 0 saturated heterocycles. The molecular weight excluding hydrogens is 131 g/mol. The Morgan fingerprint density at radius 2 is 1.62 bits per heavy atom. The van der Waals surface area contributed by atoms with Gasteiger partial charge < -0.3 is 9.25 Å². The fourth-order valence-electron chi connectivity index (χ4n) is 0.122. The summed E-state index contributed by atoms with van der Waals surface area (Å²) in [5.74, 6) is 0.